The van der Waals surface area contributed by atoms with Crippen molar-refractivity contribution in [2.24, 2.45) is 0 Å². The summed E-state index contributed by atoms with van der Waals surface area (Å²) in [5.41, 5.74) is 2.53. The SMILES string of the molecule is N#Cc1cncc(-n2cc3cc[nH]c3c2)c1. The smallest absolute Gasteiger partial charge is 0.101 e. The first-order valence-corrected chi connectivity index (χ1v) is 4.87. The molecule has 3 heterocycles. The molecular formula is C12H8N4. The molecule has 0 aliphatic rings. The number of fused-ring (bicyclic) bond motifs is 1. The summed E-state index contributed by atoms with van der Waals surface area (Å²) in [4.78, 5) is 7.16. The molecule has 0 radical (unpaired) electrons. The average molecular weight is 208 g/mol. The van der Waals surface area contributed by atoms with E-state index >= 15 is 0 Å². The van der Waals surface area contributed by atoms with E-state index in [4.69, 9.17) is 5.26 Å². The van der Waals surface area contributed by atoms with Gasteiger partial charge in [-0.1, -0.05) is 0 Å². The van der Waals surface area contributed by atoms with Crippen LogP contribution in [0.2, 0.25) is 0 Å². The Kier molecular flexibility index (Phi) is 1.77. The summed E-state index contributed by atoms with van der Waals surface area (Å²) in [7, 11) is 0. The monoisotopic (exact) mass is 208 g/mol. The molecule has 0 fully saturated rings. The van der Waals surface area contributed by atoms with Gasteiger partial charge >= 0.3 is 0 Å². The molecule has 3 aromatic heterocycles. The van der Waals surface area contributed by atoms with Gasteiger partial charge < -0.3 is 9.55 Å². The number of rotatable bonds is 1. The van der Waals surface area contributed by atoms with Crippen LogP contribution in [0, 0.1) is 11.3 Å². The Hall–Kier alpha value is -2.54. The highest BCUT2D eigenvalue weighted by Gasteiger charge is 2.02. The molecule has 3 aromatic rings. The maximum absolute atomic E-state index is 8.80. The van der Waals surface area contributed by atoms with Crippen LogP contribution in [0.25, 0.3) is 16.6 Å². The normalized spacial score (nSPS) is 10.4. The van der Waals surface area contributed by atoms with E-state index in [1.807, 2.05) is 35.3 Å². The van der Waals surface area contributed by atoms with Gasteiger partial charge in [0.05, 0.1) is 23.0 Å². The second-order valence-corrected chi connectivity index (χ2v) is 3.56. The lowest BCUT2D eigenvalue weighted by Crippen LogP contribution is -1.91. The number of nitrogens with zero attached hydrogens (tertiary/aromatic N) is 3. The molecule has 0 aromatic carbocycles. The molecular weight excluding hydrogens is 200 g/mol. The standard InChI is InChI=1S/C12H8N4/c13-4-9-3-11(6-14-5-9)16-7-10-1-2-15-12(10)8-16/h1-3,5-8,15H. The van der Waals surface area contributed by atoms with Gasteiger partial charge in [-0.2, -0.15) is 5.26 Å². The number of nitrogens with one attached hydrogen (secondary N) is 1. The van der Waals surface area contributed by atoms with Crippen molar-refractivity contribution in [1.82, 2.24) is 14.5 Å². The van der Waals surface area contributed by atoms with E-state index < -0.39 is 0 Å². The minimum absolute atomic E-state index is 0.565. The summed E-state index contributed by atoms with van der Waals surface area (Å²) in [6, 6.07) is 5.90. The highest BCUT2D eigenvalue weighted by atomic mass is 15.0. The zero-order valence-electron chi connectivity index (χ0n) is 8.38. The molecule has 0 atom stereocenters. The van der Waals surface area contributed by atoms with Crippen molar-refractivity contribution in [2.45, 2.75) is 0 Å². The fourth-order valence-electron chi connectivity index (χ4n) is 1.72. The molecule has 0 aliphatic heterocycles. The highest BCUT2D eigenvalue weighted by molar-refractivity contribution is 5.79. The lowest BCUT2D eigenvalue weighted by molar-refractivity contribution is 1.06. The molecule has 0 bridgehead atoms. The number of aromatic nitrogens is 3. The predicted octanol–water partition coefficient (Wildman–Crippen LogP) is 2.23. The summed E-state index contributed by atoms with van der Waals surface area (Å²) in [5, 5.41) is 9.94. The van der Waals surface area contributed by atoms with Crippen molar-refractivity contribution in [3.05, 3.63) is 48.7 Å². The third-order valence-electron chi connectivity index (χ3n) is 2.51. The van der Waals surface area contributed by atoms with Crippen LogP contribution in [-0.4, -0.2) is 14.5 Å². The van der Waals surface area contributed by atoms with Crippen molar-refractivity contribution in [1.29, 1.82) is 5.26 Å². The van der Waals surface area contributed by atoms with E-state index in [0.29, 0.717) is 5.56 Å². The molecule has 1 N–H and O–H groups in total. The van der Waals surface area contributed by atoms with Crippen molar-refractivity contribution < 1.29 is 0 Å². The van der Waals surface area contributed by atoms with Crippen molar-refractivity contribution in [3.8, 4) is 11.8 Å². The van der Waals surface area contributed by atoms with Crippen molar-refractivity contribution in [2.75, 3.05) is 0 Å². The van der Waals surface area contributed by atoms with Crippen LogP contribution in [0.15, 0.2) is 43.1 Å². The summed E-state index contributed by atoms with van der Waals surface area (Å²) >= 11 is 0. The first-order valence-electron chi connectivity index (χ1n) is 4.87. The molecule has 0 saturated heterocycles. The van der Waals surface area contributed by atoms with Crippen LogP contribution < -0.4 is 0 Å². The third kappa shape index (κ3) is 1.27. The van der Waals surface area contributed by atoms with E-state index in [1.165, 1.54) is 0 Å². The minimum atomic E-state index is 0.565. The maximum Gasteiger partial charge on any atom is 0.101 e. The zero-order chi connectivity index (χ0) is 11.0. The van der Waals surface area contributed by atoms with Crippen LogP contribution in [0.5, 0.6) is 0 Å². The van der Waals surface area contributed by atoms with Gasteiger partial charge in [-0.15, -0.1) is 0 Å². The Labute approximate surface area is 91.8 Å². The van der Waals surface area contributed by atoms with E-state index in [-0.39, 0.29) is 0 Å². The van der Waals surface area contributed by atoms with Crippen LogP contribution in [0.1, 0.15) is 5.56 Å². The van der Waals surface area contributed by atoms with Crippen LogP contribution in [0.4, 0.5) is 0 Å². The third-order valence-corrected chi connectivity index (χ3v) is 2.51. The zero-order valence-corrected chi connectivity index (χ0v) is 8.38. The molecule has 0 amide bonds. The van der Waals surface area contributed by atoms with Gasteiger partial charge in [0.1, 0.15) is 6.07 Å². The number of pyridine rings is 1. The summed E-state index contributed by atoms with van der Waals surface area (Å²) in [6.07, 6.45) is 9.18. The molecule has 0 saturated carbocycles. The maximum atomic E-state index is 8.80. The van der Waals surface area contributed by atoms with E-state index in [2.05, 4.69) is 16.0 Å². The highest BCUT2D eigenvalue weighted by Crippen LogP contribution is 2.17. The molecule has 0 unspecified atom stereocenters. The van der Waals surface area contributed by atoms with E-state index in [9.17, 15) is 0 Å². The van der Waals surface area contributed by atoms with Crippen molar-refractivity contribution >= 4 is 10.9 Å². The first kappa shape index (κ1) is 8.74. The molecule has 16 heavy (non-hydrogen) atoms. The Bertz CT molecular complexity index is 656. The van der Waals surface area contributed by atoms with Crippen LogP contribution in [0.3, 0.4) is 0 Å². The van der Waals surface area contributed by atoms with E-state index in [1.54, 1.807) is 12.4 Å². The molecule has 0 spiro atoms. The Balaban J connectivity index is 2.16. The Morgan fingerprint density at radius 2 is 2.25 bits per heavy atom. The summed E-state index contributed by atoms with van der Waals surface area (Å²) in [5.74, 6) is 0. The lowest BCUT2D eigenvalue weighted by Gasteiger charge is -2.01. The fraction of sp³-hybridized carbons (Fsp3) is 0. The number of hydrogen-bond donors (Lipinski definition) is 1. The van der Waals surface area contributed by atoms with E-state index in [0.717, 1.165) is 16.6 Å². The number of aromatic amines is 1. The first-order chi connectivity index (χ1) is 7.86. The molecule has 4 heteroatoms. The van der Waals surface area contributed by atoms with Crippen LogP contribution >= 0.6 is 0 Å². The number of nitriles is 1. The van der Waals surface area contributed by atoms with Gasteiger partial charge in [-0.25, -0.2) is 0 Å². The van der Waals surface area contributed by atoms with Crippen molar-refractivity contribution in [3.63, 3.8) is 0 Å². The van der Waals surface area contributed by atoms with Gasteiger partial charge in [-0.3, -0.25) is 4.98 Å². The molecule has 3 rings (SSSR count). The molecule has 0 aliphatic carbocycles. The Morgan fingerprint density at radius 1 is 1.31 bits per heavy atom. The largest absolute Gasteiger partial charge is 0.360 e. The Morgan fingerprint density at radius 3 is 3.06 bits per heavy atom. The van der Waals surface area contributed by atoms with Gasteiger partial charge in [0.25, 0.3) is 0 Å². The van der Waals surface area contributed by atoms with Crippen LogP contribution in [-0.2, 0) is 0 Å². The quantitative estimate of drug-likeness (QED) is 0.666. The second kappa shape index (κ2) is 3.24. The topological polar surface area (TPSA) is 57.4 Å². The fourth-order valence-corrected chi connectivity index (χ4v) is 1.72. The molecule has 76 valence electrons. The second-order valence-electron chi connectivity index (χ2n) is 3.56. The van der Waals surface area contributed by atoms with Gasteiger partial charge in [-0.05, 0) is 12.1 Å². The molecule has 4 nitrogen and oxygen atoms in total. The lowest BCUT2D eigenvalue weighted by atomic mass is 10.3. The van der Waals surface area contributed by atoms with Gasteiger partial charge in [0.2, 0.25) is 0 Å². The van der Waals surface area contributed by atoms with Gasteiger partial charge in [0, 0.05) is 30.2 Å². The van der Waals surface area contributed by atoms with Gasteiger partial charge in [0.15, 0.2) is 0 Å². The minimum Gasteiger partial charge on any atom is -0.360 e. The number of H-pyrrole nitrogens is 1. The summed E-state index contributed by atoms with van der Waals surface area (Å²) in [6.45, 7) is 0. The summed E-state index contributed by atoms with van der Waals surface area (Å²) < 4.78 is 1.95. The number of hydrogen-bond acceptors (Lipinski definition) is 2. The average Bonchev–Trinajstić information content (AvgIpc) is 2.89. The predicted molar refractivity (Wildman–Crippen MR) is 60.1 cm³/mol.